The maximum absolute atomic E-state index is 13.2. The Kier molecular flexibility index (Phi) is 3.05. The van der Waals surface area contributed by atoms with Crippen LogP contribution in [0.2, 0.25) is 0 Å². The van der Waals surface area contributed by atoms with Crippen molar-refractivity contribution in [1.82, 2.24) is 4.90 Å². The van der Waals surface area contributed by atoms with Gasteiger partial charge in [0.2, 0.25) is 0 Å². The fourth-order valence-corrected chi connectivity index (χ4v) is 3.62. The van der Waals surface area contributed by atoms with E-state index in [0.717, 1.165) is 36.9 Å². The summed E-state index contributed by atoms with van der Waals surface area (Å²) in [5.74, 6) is -0.758. The number of hydrogen-bond acceptors (Lipinski definition) is 2. The molecule has 3 rings (SSSR count). The Balaban J connectivity index is 1.91. The number of aryl methyl sites for hydroxylation is 1. The molecule has 0 radical (unpaired) electrons. The molecule has 1 aromatic carbocycles. The summed E-state index contributed by atoms with van der Waals surface area (Å²) in [7, 11) is 0. The van der Waals surface area contributed by atoms with E-state index in [1.54, 1.807) is 6.07 Å². The van der Waals surface area contributed by atoms with Gasteiger partial charge < -0.3 is 5.11 Å². The molecular weight excluding hydrogens is 245 g/mol. The van der Waals surface area contributed by atoms with Crippen LogP contribution in [0.25, 0.3) is 0 Å². The van der Waals surface area contributed by atoms with Crippen LogP contribution in [-0.4, -0.2) is 28.6 Å². The second-order valence-corrected chi connectivity index (χ2v) is 5.68. The third kappa shape index (κ3) is 2.04. The maximum atomic E-state index is 13.2. The molecule has 1 heterocycles. The van der Waals surface area contributed by atoms with Gasteiger partial charge in [-0.1, -0.05) is 13.0 Å². The van der Waals surface area contributed by atoms with Crippen molar-refractivity contribution < 1.29 is 14.3 Å². The smallest absolute Gasteiger partial charge is 0.321 e. The molecule has 1 N–H and O–H groups in total. The highest BCUT2D eigenvalue weighted by Crippen LogP contribution is 2.41. The molecule has 102 valence electrons. The number of fused-ring (bicyclic) bond motifs is 1. The standard InChI is InChI=1S/C15H18FNO2/c1-9-6-7-17(14(9)15(18)19)13-5-2-10-8-11(16)3-4-12(10)13/h3-4,8-9,13-14H,2,5-7H2,1H3,(H,18,19). The minimum absolute atomic E-state index is 0.140. The van der Waals surface area contributed by atoms with Crippen molar-refractivity contribution in [2.24, 2.45) is 5.92 Å². The molecule has 0 aromatic heterocycles. The monoisotopic (exact) mass is 263 g/mol. The van der Waals surface area contributed by atoms with Crippen molar-refractivity contribution in [1.29, 1.82) is 0 Å². The zero-order chi connectivity index (χ0) is 13.6. The lowest BCUT2D eigenvalue weighted by atomic mass is 10.0. The molecule has 1 aliphatic heterocycles. The van der Waals surface area contributed by atoms with Gasteiger partial charge in [-0.2, -0.15) is 0 Å². The predicted molar refractivity (Wildman–Crippen MR) is 69.4 cm³/mol. The largest absolute Gasteiger partial charge is 0.480 e. The first kappa shape index (κ1) is 12.6. The summed E-state index contributed by atoms with van der Waals surface area (Å²) < 4.78 is 13.2. The summed E-state index contributed by atoms with van der Waals surface area (Å²) in [5.41, 5.74) is 2.15. The Bertz CT molecular complexity index is 517. The summed E-state index contributed by atoms with van der Waals surface area (Å²) in [5, 5.41) is 9.40. The number of rotatable bonds is 2. The van der Waals surface area contributed by atoms with Crippen molar-refractivity contribution in [3.8, 4) is 0 Å². The number of halogens is 1. The van der Waals surface area contributed by atoms with Crippen LogP contribution in [0.1, 0.15) is 36.9 Å². The summed E-state index contributed by atoms with van der Waals surface area (Å²) in [4.78, 5) is 13.5. The highest BCUT2D eigenvalue weighted by atomic mass is 19.1. The van der Waals surface area contributed by atoms with Gasteiger partial charge in [-0.05, 0) is 55.0 Å². The molecular formula is C15H18FNO2. The number of carbonyl (C=O) groups is 1. The SMILES string of the molecule is CC1CCN(C2CCc3cc(F)ccc32)C1C(=O)O. The number of carboxylic acid groups (broad SMARTS) is 1. The van der Waals surface area contributed by atoms with Gasteiger partial charge >= 0.3 is 5.97 Å². The van der Waals surface area contributed by atoms with Gasteiger partial charge in [-0.25, -0.2) is 4.39 Å². The molecule has 0 bridgehead atoms. The number of nitrogens with zero attached hydrogens (tertiary/aromatic N) is 1. The first-order chi connectivity index (χ1) is 9.08. The first-order valence-corrected chi connectivity index (χ1v) is 6.85. The molecule has 1 saturated heterocycles. The van der Waals surface area contributed by atoms with Crippen LogP contribution < -0.4 is 0 Å². The van der Waals surface area contributed by atoms with Gasteiger partial charge in [-0.15, -0.1) is 0 Å². The first-order valence-electron chi connectivity index (χ1n) is 6.85. The molecule has 1 aromatic rings. The summed E-state index contributed by atoms with van der Waals surface area (Å²) >= 11 is 0. The second-order valence-electron chi connectivity index (χ2n) is 5.68. The van der Waals surface area contributed by atoms with E-state index < -0.39 is 12.0 Å². The number of benzene rings is 1. The molecule has 0 amide bonds. The predicted octanol–water partition coefficient (Wildman–Crippen LogP) is 2.61. The van der Waals surface area contributed by atoms with Crippen LogP contribution in [-0.2, 0) is 11.2 Å². The normalized spacial score (nSPS) is 30.5. The van der Waals surface area contributed by atoms with Gasteiger partial charge in [0.1, 0.15) is 11.9 Å². The third-order valence-corrected chi connectivity index (χ3v) is 4.54. The van der Waals surface area contributed by atoms with E-state index in [4.69, 9.17) is 0 Å². The van der Waals surface area contributed by atoms with Crippen molar-refractivity contribution in [3.63, 3.8) is 0 Å². The quantitative estimate of drug-likeness (QED) is 0.891. The zero-order valence-electron chi connectivity index (χ0n) is 11.0. The highest BCUT2D eigenvalue weighted by Gasteiger charge is 2.42. The average molecular weight is 263 g/mol. The second kappa shape index (κ2) is 4.60. The minimum atomic E-state index is -0.736. The molecule has 0 saturated carbocycles. The van der Waals surface area contributed by atoms with E-state index in [1.807, 2.05) is 13.0 Å². The maximum Gasteiger partial charge on any atom is 0.321 e. The van der Waals surface area contributed by atoms with Crippen LogP contribution >= 0.6 is 0 Å². The Morgan fingerprint density at radius 1 is 1.42 bits per heavy atom. The van der Waals surface area contributed by atoms with Crippen LogP contribution in [0.4, 0.5) is 4.39 Å². The highest BCUT2D eigenvalue weighted by molar-refractivity contribution is 5.74. The van der Waals surface area contributed by atoms with E-state index in [1.165, 1.54) is 6.07 Å². The number of aliphatic carboxylic acids is 1. The lowest BCUT2D eigenvalue weighted by molar-refractivity contribution is -0.144. The topological polar surface area (TPSA) is 40.5 Å². The lowest BCUT2D eigenvalue weighted by Gasteiger charge is -2.30. The van der Waals surface area contributed by atoms with Crippen LogP contribution in [0.5, 0.6) is 0 Å². The minimum Gasteiger partial charge on any atom is -0.480 e. The van der Waals surface area contributed by atoms with Crippen molar-refractivity contribution in [2.75, 3.05) is 6.54 Å². The molecule has 0 spiro atoms. The fraction of sp³-hybridized carbons (Fsp3) is 0.533. The molecule has 2 aliphatic rings. The van der Waals surface area contributed by atoms with Crippen molar-refractivity contribution >= 4 is 5.97 Å². The van der Waals surface area contributed by atoms with Crippen molar-refractivity contribution in [2.45, 2.75) is 38.3 Å². The van der Waals surface area contributed by atoms with Crippen molar-refractivity contribution in [3.05, 3.63) is 35.1 Å². The van der Waals surface area contributed by atoms with Crippen LogP contribution in [0.3, 0.4) is 0 Å². The van der Waals surface area contributed by atoms with E-state index in [2.05, 4.69) is 4.90 Å². The van der Waals surface area contributed by atoms with E-state index >= 15 is 0 Å². The molecule has 1 aliphatic carbocycles. The average Bonchev–Trinajstić information content (AvgIpc) is 2.91. The van der Waals surface area contributed by atoms with Gasteiger partial charge in [-0.3, -0.25) is 9.69 Å². The van der Waals surface area contributed by atoms with Gasteiger partial charge in [0.25, 0.3) is 0 Å². The van der Waals surface area contributed by atoms with E-state index in [9.17, 15) is 14.3 Å². The molecule has 1 fully saturated rings. The van der Waals surface area contributed by atoms with Crippen LogP contribution in [0.15, 0.2) is 18.2 Å². The lowest BCUT2D eigenvalue weighted by Crippen LogP contribution is -2.40. The Morgan fingerprint density at radius 3 is 2.95 bits per heavy atom. The summed E-state index contributed by atoms with van der Waals surface area (Å²) in [6.45, 7) is 2.82. The Labute approximate surface area is 112 Å². The molecule has 19 heavy (non-hydrogen) atoms. The molecule has 4 heteroatoms. The Morgan fingerprint density at radius 2 is 2.21 bits per heavy atom. The third-order valence-electron chi connectivity index (χ3n) is 4.54. The molecule has 3 atom stereocenters. The van der Waals surface area contributed by atoms with E-state index in [0.29, 0.717) is 0 Å². The molecule has 3 nitrogen and oxygen atoms in total. The fourth-order valence-electron chi connectivity index (χ4n) is 3.62. The van der Waals surface area contributed by atoms with Gasteiger partial charge in [0.15, 0.2) is 0 Å². The summed E-state index contributed by atoms with van der Waals surface area (Å²) in [6, 6.07) is 4.63. The van der Waals surface area contributed by atoms with E-state index in [-0.39, 0.29) is 17.8 Å². The molecule has 3 unspecified atom stereocenters. The number of hydrogen-bond donors (Lipinski definition) is 1. The Hall–Kier alpha value is -1.42. The van der Waals surface area contributed by atoms with Gasteiger partial charge in [0.05, 0.1) is 0 Å². The number of carboxylic acids is 1. The van der Waals surface area contributed by atoms with Crippen LogP contribution in [0, 0.1) is 11.7 Å². The van der Waals surface area contributed by atoms with Gasteiger partial charge in [0, 0.05) is 6.04 Å². The number of likely N-dealkylation sites (tertiary alicyclic amines) is 1. The zero-order valence-corrected chi connectivity index (χ0v) is 11.0. The summed E-state index contributed by atoms with van der Waals surface area (Å²) in [6.07, 6.45) is 2.66.